The van der Waals surface area contributed by atoms with Gasteiger partial charge in [0.1, 0.15) is 5.01 Å². The zero-order valence-corrected chi connectivity index (χ0v) is 22.3. The maximum Gasteiger partial charge on any atom is 0.249 e. The first-order valence-corrected chi connectivity index (χ1v) is 13.7. The average molecular weight is 518 g/mol. The van der Waals surface area contributed by atoms with Gasteiger partial charge < -0.3 is 10.6 Å². The number of hydrogen-bond donors (Lipinski definition) is 3. The molecule has 37 heavy (non-hydrogen) atoms. The highest BCUT2D eigenvalue weighted by Gasteiger charge is 2.28. The van der Waals surface area contributed by atoms with Gasteiger partial charge in [-0.15, -0.1) is 10.2 Å². The molecule has 0 aliphatic carbocycles. The van der Waals surface area contributed by atoms with Crippen LogP contribution in [0.15, 0.2) is 72.8 Å². The van der Waals surface area contributed by atoms with Crippen molar-refractivity contribution in [2.45, 2.75) is 63.5 Å². The van der Waals surface area contributed by atoms with Crippen LogP contribution >= 0.6 is 11.3 Å². The number of anilines is 1. The van der Waals surface area contributed by atoms with E-state index in [1.54, 1.807) is 6.08 Å². The summed E-state index contributed by atoms with van der Waals surface area (Å²) < 4.78 is 0. The first kappa shape index (κ1) is 26.7. The molecule has 2 heterocycles. The number of aromatic nitrogens is 2. The highest BCUT2D eigenvalue weighted by atomic mass is 32.1. The molecule has 0 saturated carbocycles. The van der Waals surface area contributed by atoms with Crippen molar-refractivity contribution in [1.82, 2.24) is 20.8 Å². The molecule has 1 aromatic heterocycles. The van der Waals surface area contributed by atoms with Crippen molar-refractivity contribution >= 4 is 28.3 Å². The second-order valence-corrected chi connectivity index (χ2v) is 10.9. The van der Waals surface area contributed by atoms with E-state index in [0.717, 1.165) is 42.8 Å². The van der Waals surface area contributed by atoms with Gasteiger partial charge in [0.05, 0.1) is 6.04 Å². The highest BCUT2D eigenvalue weighted by Crippen LogP contribution is 2.34. The summed E-state index contributed by atoms with van der Waals surface area (Å²) in [6.07, 6.45) is 7.72. The quantitative estimate of drug-likeness (QED) is 0.341. The number of rotatable bonds is 10. The fourth-order valence-electron chi connectivity index (χ4n) is 4.40. The molecule has 194 valence electrons. The lowest BCUT2D eigenvalue weighted by atomic mass is 9.85. The van der Waals surface area contributed by atoms with Crippen LogP contribution in [0.4, 0.5) is 5.13 Å². The van der Waals surface area contributed by atoms with Crippen LogP contribution in [-0.4, -0.2) is 40.6 Å². The topological polar surface area (TPSA) is 96.0 Å². The Morgan fingerprint density at radius 1 is 1.08 bits per heavy atom. The van der Waals surface area contributed by atoms with Gasteiger partial charge in [0.15, 0.2) is 0 Å². The Kier molecular flexibility index (Phi) is 9.19. The number of carbonyl (C=O) groups excluding carboxylic acids is 2. The van der Waals surface area contributed by atoms with Crippen molar-refractivity contribution in [3.8, 4) is 0 Å². The third-order valence-corrected chi connectivity index (χ3v) is 7.87. The first-order valence-electron chi connectivity index (χ1n) is 12.9. The van der Waals surface area contributed by atoms with Crippen LogP contribution in [0.3, 0.4) is 0 Å². The van der Waals surface area contributed by atoms with Gasteiger partial charge in [0.25, 0.3) is 0 Å². The zero-order chi connectivity index (χ0) is 26.1. The summed E-state index contributed by atoms with van der Waals surface area (Å²) in [6.45, 7) is 5.04. The van der Waals surface area contributed by atoms with Crippen LogP contribution in [0.2, 0.25) is 0 Å². The maximum absolute atomic E-state index is 12.8. The van der Waals surface area contributed by atoms with E-state index in [4.69, 9.17) is 0 Å². The molecule has 1 aliphatic rings. The molecule has 3 N–H and O–H groups in total. The molecule has 0 radical (unpaired) electrons. The highest BCUT2D eigenvalue weighted by molar-refractivity contribution is 7.15. The van der Waals surface area contributed by atoms with Crippen molar-refractivity contribution in [3.63, 3.8) is 0 Å². The van der Waals surface area contributed by atoms with E-state index in [0.29, 0.717) is 11.6 Å². The smallest absolute Gasteiger partial charge is 0.249 e. The fraction of sp³-hybridized carbons (Fsp3) is 0.379. The Morgan fingerprint density at radius 3 is 2.51 bits per heavy atom. The van der Waals surface area contributed by atoms with E-state index in [2.05, 4.69) is 64.3 Å². The van der Waals surface area contributed by atoms with E-state index in [1.807, 2.05) is 36.4 Å². The van der Waals surface area contributed by atoms with Crippen molar-refractivity contribution < 1.29 is 9.59 Å². The lowest BCUT2D eigenvalue weighted by molar-refractivity contribution is -0.124. The van der Waals surface area contributed by atoms with E-state index < -0.39 is 0 Å². The van der Waals surface area contributed by atoms with E-state index in [-0.39, 0.29) is 29.3 Å². The zero-order valence-electron chi connectivity index (χ0n) is 21.4. The van der Waals surface area contributed by atoms with Crippen LogP contribution in [0, 0.1) is 0 Å². The van der Waals surface area contributed by atoms with Crippen LogP contribution in [0.5, 0.6) is 0 Å². The summed E-state index contributed by atoms with van der Waals surface area (Å²) in [4.78, 5) is 25.6. The molecule has 7 nitrogen and oxygen atoms in total. The number of nitrogens with zero attached hydrogens (tertiary/aromatic N) is 2. The summed E-state index contributed by atoms with van der Waals surface area (Å²) >= 11 is 1.37. The summed E-state index contributed by atoms with van der Waals surface area (Å²) in [5, 5.41) is 19.0. The number of piperidine rings is 1. The predicted molar refractivity (Wildman–Crippen MR) is 149 cm³/mol. The lowest BCUT2D eigenvalue weighted by Crippen LogP contribution is -2.49. The summed E-state index contributed by atoms with van der Waals surface area (Å²) in [6, 6.07) is 19.8. The summed E-state index contributed by atoms with van der Waals surface area (Å²) in [7, 11) is 0. The van der Waals surface area contributed by atoms with Gasteiger partial charge in [0, 0.05) is 17.5 Å². The molecule has 1 aliphatic heterocycles. The van der Waals surface area contributed by atoms with Gasteiger partial charge in [-0.2, -0.15) is 0 Å². The van der Waals surface area contributed by atoms with E-state index in [9.17, 15) is 9.59 Å². The molecule has 1 fully saturated rings. The van der Waals surface area contributed by atoms with E-state index in [1.165, 1.54) is 23.0 Å². The molecule has 2 amide bonds. The van der Waals surface area contributed by atoms with Crippen LogP contribution in [-0.2, 0) is 21.4 Å². The largest absolute Gasteiger partial charge is 0.349 e. The molecule has 0 unspecified atom stereocenters. The van der Waals surface area contributed by atoms with Crippen molar-refractivity contribution in [2.75, 3.05) is 11.9 Å². The summed E-state index contributed by atoms with van der Waals surface area (Å²) in [5.74, 6) is -0.310. The Hall–Kier alpha value is -3.36. The number of hydrogen-bond acceptors (Lipinski definition) is 6. The van der Waals surface area contributed by atoms with Gasteiger partial charge in [-0.05, 0) is 57.2 Å². The Morgan fingerprint density at radius 2 is 1.81 bits per heavy atom. The molecule has 0 spiro atoms. The second-order valence-electron chi connectivity index (χ2n) is 9.89. The molecule has 2 atom stereocenters. The third-order valence-electron chi connectivity index (χ3n) is 6.71. The molecule has 1 saturated heterocycles. The Bertz CT molecular complexity index is 1190. The minimum absolute atomic E-state index is 0.0141. The van der Waals surface area contributed by atoms with E-state index >= 15 is 0 Å². The van der Waals surface area contributed by atoms with Crippen molar-refractivity contribution in [3.05, 3.63) is 89.0 Å². The molecule has 4 rings (SSSR count). The molecular weight excluding hydrogens is 482 g/mol. The van der Waals surface area contributed by atoms with Gasteiger partial charge in [-0.25, -0.2) is 0 Å². The summed E-state index contributed by atoms with van der Waals surface area (Å²) in [5.41, 5.74) is 2.00. The van der Waals surface area contributed by atoms with Crippen molar-refractivity contribution in [2.24, 2.45) is 0 Å². The molecule has 2 aromatic carbocycles. The predicted octanol–water partition coefficient (Wildman–Crippen LogP) is 4.62. The molecule has 0 bridgehead atoms. The molecule has 8 heteroatoms. The number of aryl methyl sites for hydroxylation is 1. The minimum Gasteiger partial charge on any atom is -0.349 e. The van der Waals surface area contributed by atoms with Gasteiger partial charge in [-0.3, -0.25) is 14.9 Å². The molecular formula is C29H35N5O2S. The van der Waals surface area contributed by atoms with Crippen LogP contribution in [0.25, 0.3) is 0 Å². The minimum atomic E-state index is -0.322. The second kappa shape index (κ2) is 12.7. The Balaban J connectivity index is 1.39. The number of nitrogens with one attached hydrogen (secondary N) is 3. The monoisotopic (exact) mass is 517 g/mol. The number of amides is 2. The normalized spacial score (nSPS) is 16.9. The average Bonchev–Trinajstić information content (AvgIpc) is 3.41. The fourth-order valence-corrected chi connectivity index (χ4v) is 5.27. The maximum atomic E-state index is 12.8. The third kappa shape index (κ3) is 7.57. The van der Waals surface area contributed by atoms with Crippen LogP contribution < -0.4 is 16.0 Å². The van der Waals surface area contributed by atoms with Crippen molar-refractivity contribution in [1.29, 1.82) is 0 Å². The lowest BCUT2D eigenvalue weighted by Gasteiger charge is -2.25. The Labute approximate surface area is 222 Å². The molecule has 3 aromatic rings. The van der Waals surface area contributed by atoms with Crippen LogP contribution in [0.1, 0.15) is 55.7 Å². The standard InChI is InChI=1S/C29H35N5O2S/c1-29(2,22-13-7-4-8-14-22)27-33-34-28(37-27)32-25(35)19-18-23(17-16-21-11-5-3-6-12-21)31-26(36)24-15-9-10-20-30-24/h3-8,11-14,18-19,23-24,30H,9-10,15-17,20H2,1-2H3,(H,31,36)(H,32,34,35)/b19-18+/t23-,24-/m0/s1. The van der Waals surface area contributed by atoms with Gasteiger partial charge >= 0.3 is 0 Å². The van der Waals surface area contributed by atoms with Gasteiger partial charge in [-0.1, -0.05) is 84.5 Å². The number of benzene rings is 2. The SMILES string of the molecule is CC(C)(c1ccccc1)c1nnc(NC(=O)/C=C/[C@H](CCc2ccccc2)NC(=O)[C@@H]2CCCCN2)s1. The number of carbonyl (C=O) groups is 2. The van der Waals surface area contributed by atoms with Gasteiger partial charge in [0.2, 0.25) is 16.9 Å². The first-order chi connectivity index (χ1) is 17.9.